The molecule has 0 saturated heterocycles. The molecule has 2 aromatic carbocycles. The highest BCUT2D eigenvalue weighted by molar-refractivity contribution is 5.48. The first-order valence-electron chi connectivity index (χ1n) is 6.36. The van der Waals surface area contributed by atoms with Gasteiger partial charge in [-0.25, -0.2) is 0 Å². The minimum Gasteiger partial charge on any atom is -0.121 e. The van der Waals surface area contributed by atoms with Crippen molar-refractivity contribution in [1.82, 2.24) is 0 Å². The van der Waals surface area contributed by atoms with Gasteiger partial charge in [-0.05, 0) is 42.5 Å². The molecule has 0 aromatic heterocycles. The molecule has 0 heterocycles. The number of rotatable bonds is 4. The van der Waals surface area contributed by atoms with Crippen molar-refractivity contribution in [2.75, 3.05) is 0 Å². The average molecular weight is 234 g/mol. The zero-order valence-corrected chi connectivity index (χ0v) is 10.8. The molecule has 0 fully saturated rings. The first-order valence-corrected chi connectivity index (χ1v) is 6.36. The van der Waals surface area contributed by atoms with Gasteiger partial charge in [0.05, 0.1) is 0 Å². The second-order valence-corrected chi connectivity index (χ2v) is 4.47. The first-order chi connectivity index (χ1) is 8.84. The molecule has 0 atom stereocenters. The fraction of sp³-hybridized carbons (Fsp3) is 0.167. The fourth-order valence-electron chi connectivity index (χ4n) is 1.80. The summed E-state index contributed by atoms with van der Waals surface area (Å²) < 4.78 is 0. The van der Waals surface area contributed by atoms with E-state index < -0.39 is 0 Å². The molecule has 0 amide bonds. The lowest BCUT2D eigenvalue weighted by atomic mass is 10.1. The van der Waals surface area contributed by atoms with Gasteiger partial charge in [-0.15, -0.1) is 5.73 Å². The largest absolute Gasteiger partial charge is 0.121 e. The highest BCUT2D eigenvalue weighted by Crippen LogP contribution is 2.08. The van der Waals surface area contributed by atoms with Crippen LogP contribution >= 0.6 is 0 Å². The van der Waals surface area contributed by atoms with Crippen molar-refractivity contribution in [2.24, 2.45) is 0 Å². The summed E-state index contributed by atoms with van der Waals surface area (Å²) >= 11 is 0. The second kappa shape index (κ2) is 6.64. The van der Waals surface area contributed by atoms with E-state index in [9.17, 15) is 0 Å². The van der Waals surface area contributed by atoms with Crippen LogP contribution in [-0.4, -0.2) is 0 Å². The van der Waals surface area contributed by atoms with Crippen LogP contribution in [0.2, 0.25) is 0 Å². The molecule has 0 aliphatic heterocycles. The molecule has 0 aliphatic carbocycles. The van der Waals surface area contributed by atoms with Crippen LogP contribution in [0.25, 0.3) is 6.08 Å². The molecule has 0 bridgehead atoms. The van der Waals surface area contributed by atoms with Crippen molar-refractivity contribution in [2.45, 2.75) is 19.8 Å². The lowest BCUT2D eigenvalue weighted by Crippen LogP contribution is -1.84. The Labute approximate surface area is 109 Å². The molecule has 0 heteroatoms. The number of hydrogen-bond acceptors (Lipinski definition) is 0. The molecule has 0 nitrogen and oxygen atoms in total. The lowest BCUT2D eigenvalue weighted by Gasteiger charge is -1.99. The topological polar surface area (TPSA) is 0 Å². The van der Waals surface area contributed by atoms with Gasteiger partial charge in [-0.2, -0.15) is 0 Å². The Balaban J connectivity index is 1.96. The zero-order chi connectivity index (χ0) is 12.6. The number of hydrogen-bond donors (Lipinski definition) is 0. The average Bonchev–Trinajstić information content (AvgIpc) is 2.45. The Kier molecular flexibility index (Phi) is 4.58. The Hall–Kier alpha value is -2.04. The molecular weight excluding hydrogens is 216 g/mol. The summed E-state index contributed by atoms with van der Waals surface area (Å²) in [4.78, 5) is 0. The van der Waals surface area contributed by atoms with Crippen LogP contribution in [0.4, 0.5) is 0 Å². The van der Waals surface area contributed by atoms with Crippen molar-refractivity contribution >= 4 is 6.08 Å². The SMILES string of the molecule is CC(=C=Cc1ccccc1)CCc1ccccc1. The van der Waals surface area contributed by atoms with Gasteiger partial charge >= 0.3 is 0 Å². The van der Waals surface area contributed by atoms with Crippen molar-refractivity contribution in [1.29, 1.82) is 0 Å². The van der Waals surface area contributed by atoms with Gasteiger partial charge in [0.25, 0.3) is 0 Å². The summed E-state index contributed by atoms with van der Waals surface area (Å²) in [5.74, 6) is 0. The van der Waals surface area contributed by atoms with E-state index in [1.54, 1.807) is 0 Å². The van der Waals surface area contributed by atoms with Crippen molar-refractivity contribution in [3.05, 3.63) is 83.1 Å². The monoisotopic (exact) mass is 234 g/mol. The van der Waals surface area contributed by atoms with Crippen LogP contribution in [0.5, 0.6) is 0 Å². The Bertz CT molecular complexity index is 529. The van der Waals surface area contributed by atoms with E-state index in [0.29, 0.717) is 0 Å². The maximum absolute atomic E-state index is 3.36. The number of allylic oxidation sites excluding steroid dienone is 1. The van der Waals surface area contributed by atoms with Crippen molar-refractivity contribution < 1.29 is 0 Å². The van der Waals surface area contributed by atoms with Gasteiger partial charge in [-0.1, -0.05) is 60.7 Å². The second-order valence-electron chi connectivity index (χ2n) is 4.47. The molecular formula is C18H18. The highest BCUT2D eigenvalue weighted by atomic mass is 14.0. The fourth-order valence-corrected chi connectivity index (χ4v) is 1.80. The van der Waals surface area contributed by atoms with Gasteiger partial charge in [0.2, 0.25) is 0 Å². The standard InChI is InChI=1S/C18H18/c1-16(12-14-17-8-4-2-5-9-17)13-15-18-10-6-3-7-11-18/h2-11,15H,12,14H2,1H3. The van der Waals surface area contributed by atoms with Gasteiger partial charge in [-0.3, -0.25) is 0 Å². The molecule has 0 aliphatic rings. The first kappa shape index (κ1) is 12.4. The summed E-state index contributed by atoms with van der Waals surface area (Å²) in [5.41, 5.74) is 7.25. The maximum atomic E-state index is 3.36. The van der Waals surface area contributed by atoms with Crippen LogP contribution in [0.15, 0.2) is 72.0 Å². The van der Waals surface area contributed by atoms with Crippen molar-refractivity contribution in [3.8, 4) is 0 Å². The van der Waals surface area contributed by atoms with Gasteiger partial charge < -0.3 is 0 Å². The van der Waals surface area contributed by atoms with E-state index in [-0.39, 0.29) is 0 Å². The third-order valence-electron chi connectivity index (χ3n) is 2.92. The van der Waals surface area contributed by atoms with E-state index in [4.69, 9.17) is 0 Å². The summed E-state index contributed by atoms with van der Waals surface area (Å²) in [6.45, 7) is 2.14. The van der Waals surface area contributed by atoms with Gasteiger partial charge in [0.1, 0.15) is 0 Å². The van der Waals surface area contributed by atoms with Crippen LogP contribution in [0.3, 0.4) is 0 Å². The van der Waals surface area contributed by atoms with E-state index in [1.165, 1.54) is 16.7 Å². The number of aryl methyl sites for hydroxylation is 1. The Morgan fingerprint density at radius 2 is 1.56 bits per heavy atom. The smallest absolute Gasteiger partial charge is 0.0128 e. The molecule has 0 unspecified atom stereocenters. The molecule has 0 radical (unpaired) electrons. The highest BCUT2D eigenvalue weighted by Gasteiger charge is 1.92. The van der Waals surface area contributed by atoms with E-state index >= 15 is 0 Å². The van der Waals surface area contributed by atoms with E-state index in [2.05, 4.69) is 61.2 Å². The minimum atomic E-state index is 1.06. The summed E-state index contributed by atoms with van der Waals surface area (Å²) in [6, 6.07) is 20.9. The summed E-state index contributed by atoms with van der Waals surface area (Å²) in [6.07, 6.45) is 4.20. The van der Waals surface area contributed by atoms with Crippen LogP contribution in [0, 0.1) is 0 Å². The van der Waals surface area contributed by atoms with Crippen molar-refractivity contribution in [3.63, 3.8) is 0 Å². The van der Waals surface area contributed by atoms with Crippen LogP contribution in [-0.2, 0) is 6.42 Å². The zero-order valence-electron chi connectivity index (χ0n) is 10.8. The maximum Gasteiger partial charge on any atom is -0.0128 e. The quantitative estimate of drug-likeness (QED) is 0.661. The molecule has 0 spiro atoms. The Morgan fingerprint density at radius 1 is 0.944 bits per heavy atom. The Morgan fingerprint density at radius 3 is 2.22 bits per heavy atom. The van der Waals surface area contributed by atoms with Gasteiger partial charge in [0, 0.05) is 0 Å². The molecule has 18 heavy (non-hydrogen) atoms. The normalized spacial score (nSPS) is 9.61. The third-order valence-corrected chi connectivity index (χ3v) is 2.92. The molecule has 90 valence electrons. The molecule has 2 aromatic rings. The summed E-state index contributed by atoms with van der Waals surface area (Å²) in [5, 5.41) is 0. The van der Waals surface area contributed by atoms with E-state index in [1.807, 2.05) is 18.2 Å². The van der Waals surface area contributed by atoms with Gasteiger partial charge in [0.15, 0.2) is 0 Å². The molecule has 2 rings (SSSR count). The predicted octanol–water partition coefficient (Wildman–Crippen LogP) is 4.88. The minimum absolute atomic E-state index is 1.06. The molecule has 0 N–H and O–H groups in total. The lowest BCUT2D eigenvalue weighted by molar-refractivity contribution is 0.944. The van der Waals surface area contributed by atoms with Crippen LogP contribution < -0.4 is 0 Å². The van der Waals surface area contributed by atoms with Crippen LogP contribution in [0.1, 0.15) is 24.5 Å². The van der Waals surface area contributed by atoms with E-state index in [0.717, 1.165) is 12.8 Å². The molecule has 0 saturated carbocycles. The number of benzene rings is 2. The predicted molar refractivity (Wildman–Crippen MR) is 78.4 cm³/mol. The third kappa shape index (κ3) is 4.08. The summed E-state index contributed by atoms with van der Waals surface area (Å²) in [7, 11) is 0.